The van der Waals surface area contributed by atoms with Gasteiger partial charge in [0.1, 0.15) is 5.82 Å². The lowest BCUT2D eigenvalue weighted by atomic mass is 9.99. The first-order valence-corrected chi connectivity index (χ1v) is 10.3. The van der Waals surface area contributed by atoms with Gasteiger partial charge in [-0.2, -0.15) is 0 Å². The van der Waals surface area contributed by atoms with Gasteiger partial charge in [0.25, 0.3) is 0 Å². The average molecular weight is 367 g/mol. The van der Waals surface area contributed by atoms with E-state index in [1.54, 1.807) is 0 Å². The zero-order chi connectivity index (χ0) is 19.6. The van der Waals surface area contributed by atoms with Crippen molar-refractivity contribution >= 4 is 11.0 Å². The monoisotopic (exact) mass is 366 g/mol. The molecule has 146 valence electrons. The molecule has 2 aromatic rings. The summed E-state index contributed by atoms with van der Waals surface area (Å²) in [4.78, 5) is 10.9. The third kappa shape index (κ3) is 4.05. The van der Waals surface area contributed by atoms with E-state index in [4.69, 9.17) is 4.98 Å². The summed E-state index contributed by atoms with van der Waals surface area (Å²) >= 11 is 0. The quantitative estimate of drug-likeness (QED) is 0.685. The molecule has 1 aliphatic heterocycles. The lowest BCUT2D eigenvalue weighted by Gasteiger charge is -2.35. The number of hydrogen-bond acceptors (Lipinski definition) is 3. The molecule has 0 aliphatic carbocycles. The van der Waals surface area contributed by atoms with E-state index >= 15 is 0 Å². The summed E-state index contributed by atoms with van der Waals surface area (Å²) in [6, 6.07) is 6.94. The third-order valence-electron chi connectivity index (χ3n) is 5.69. The van der Waals surface area contributed by atoms with Crippen LogP contribution in [0.1, 0.15) is 64.4 Å². The Morgan fingerprint density at radius 3 is 2.89 bits per heavy atom. The number of allylic oxidation sites excluding steroid dienone is 2. The molecule has 0 radical (unpaired) electrons. The van der Waals surface area contributed by atoms with Crippen molar-refractivity contribution in [3.05, 3.63) is 53.6 Å². The van der Waals surface area contributed by atoms with Gasteiger partial charge in [-0.15, -0.1) is 0 Å². The lowest BCUT2D eigenvalue weighted by Crippen LogP contribution is -2.41. The first-order chi connectivity index (χ1) is 12.9. The Morgan fingerprint density at radius 2 is 2.22 bits per heavy atom. The van der Waals surface area contributed by atoms with Gasteiger partial charge in [-0.25, -0.2) is 4.98 Å². The van der Waals surface area contributed by atoms with Gasteiger partial charge in [0.2, 0.25) is 0 Å². The predicted octanol–water partition coefficient (Wildman–Crippen LogP) is 5.45. The molecule has 4 nitrogen and oxygen atoms in total. The minimum Gasteiger partial charge on any atom is -0.380 e. The first-order valence-electron chi connectivity index (χ1n) is 10.3. The largest absolute Gasteiger partial charge is 0.380 e. The number of fused-ring (bicyclic) bond motifs is 1. The van der Waals surface area contributed by atoms with Gasteiger partial charge in [0, 0.05) is 17.9 Å². The summed E-state index contributed by atoms with van der Waals surface area (Å²) in [6.45, 7) is 16.5. The second-order valence-electron chi connectivity index (χ2n) is 8.02. The average Bonchev–Trinajstić information content (AvgIpc) is 3.28. The number of nitrogens with one attached hydrogen (secondary N) is 2. The van der Waals surface area contributed by atoms with E-state index < -0.39 is 0 Å². The molecule has 2 heterocycles. The van der Waals surface area contributed by atoms with Crippen LogP contribution in [0.4, 0.5) is 0 Å². The van der Waals surface area contributed by atoms with E-state index in [0.29, 0.717) is 5.92 Å². The van der Waals surface area contributed by atoms with E-state index in [-0.39, 0.29) is 12.1 Å². The summed E-state index contributed by atoms with van der Waals surface area (Å²) in [6.07, 6.45) is 5.48. The second kappa shape index (κ2) is 8.20. The number of benzene rings is 1. The minimum atomic E-state index is 0.239. The van der Waals surface area contributed by atoms with Crippen molar-refractivity contribution in [2.75, 3.05) is 6.54 Å². The summed E-state index contributed by atoms with van der Waals surface area (Å²) in [5, 5.41) is 3.72. The van der Waals surface area contributed by atoms with Crippen molar-refractivity contribution in [2.24, 2.45) is 5.92 Å². The van der Waals surface area contributed by atoms with E-state index in [1.807, 2.05) is 0 Å². The van der Waals surface area contributed by atoms with Gasteiger partial charge in [-0.3, -0.25) is 0 Å². The molecule has 3 rings (SSSR count). The predicted molar refractivity (Wildman–Crippen MR) is 114 cm³/mol. The molecular weight excluding hydrogens is 332 g/mol. The normalized spacial score (nSPS) is 19.1. The smallest absolute Gasteiger partial charge is 0.130 e. The van der Waals surface area contributed by atoms with Crippen LogP contribution in [0.25, 0.3) is 11.0 Å². The van der Waals surface area contributed by atoms with Crippen LogP contribution in [0.3, 0.4) is 0 Å². The fraction of sp³-hybridized carbons (Fsp3) is 0.522. The summed E-state index contributed by atoms with van der Waals surface area (Å²) in [5.74, 6) is 1.54. The Hall–Kier alpha value is -2.23. The lowest BCUT2D eigenvalue weighted by molar-refractivity contribution is 0.270. The van der Waals surface area contributed by atoms with Crippen LogP contribution >= 0.6 is 0 Å². The van der Waals surface area contributed by atoms with Crippen LogP contribution < -0.4 is 5.32 Å². The zero-order valence-electron chi connectivity index (χ0n) is 17.5. The maximum atomic E-state index is 4.92. The van der Waals surface area contributed by atoms with E-state index in [0.717, 1.165) is 36.2 Å². The number of imidazole rings is 1. The number of H-pyrrole nitrogens is 1. The molecular formula is C23H34N4. The molecule has 1 saturated heterocycles. The summed E-state index contributed by atoms with van der Waals surface area (Å²) in [5.41, 5.74) is 5.88. The number of aromatic amines is 1. The Morgan fingerprint density at radius 1 is 1.44 bits per heavy atom. The van der Waals surface area contributed by atoms with Crippen LogP contribution in [0.15, 0.2) is 42.2 Å². The molecule has 0 amide bonds. The number of hydrogen-bond donors (Lipinski definition) is 2. The third-order valence-corrected chi connectivity index (χ3v) is 5.69. The fourth-order valence-corrected chi connectivity index (χ4v) is 4.09. The van der Waals surface area contributed by atoms with Crippen molar-refractivity contribution in [2.45, 2.75) is 66.0 Å². The standard InChI is InChI=1S/C23H34N4/c1-7-18(8-2)24-22(15(3)4)17(6)27-13-9-10-21(27)23-25-19-12-11-16(5)14-20(19)26-23/h7,11-12,14-15,21-22,24H,6,8-10,13H2,1-5H3,(H,25,26)/b18-7-/t21-,22?/m0/s1. The van der Waals surface area contributed by atoms with Crippen LogP contribution in [0.5, 0.6) is 0 Å². The Labute approximate surface area is 163 Å². The van der Waals surface area contributed by atoms with Crippen molar-refractivity contribution in [1.29, 1.82) is 0 Å². The van der Waals surface area contributed by atoms with Crippen LogP contribution in [-0.4, -0.2) is 27.5 Å². The maximum Gasteiger partial charge on any atom is 0.130 e. The highest BCUT2D eigenvalue weighted by Crippen LogP contribution is 2.36. The number of likely N-dealkylation sites (tertiary alicyclic amines) is 1. The van der Waals surface area contributed by atoms with Gasteiger partial charge in [0.05, 0.1) is 23.1 Å². The van der Waals surface area contributed by atoms with Crippen molar-refractivity contribution in [1.82, 2.24) is 20.2 Å². The number of aromatic nitrogens is 2. The van der Waals surface area contributed by atoms with E-state index in [9.17, 15) is 0 Å². The Kier molecular flexibility index (Phi) is 5.93. The van der Waals surface area contributed by atoms with Crippen LogP contribution in [0, 0.1) is 12.8 Å². The molecule has 0 saturated carbocycles. The summed E-state index contributed by atoms with van der Waals surface area (Å²) in [7, 11) is 0. The molecule has 1 aromatic carbocycles. The first kappa shape index (κ1) is 19.5. The summed E-state index contributed by atoms with van der Waals surface area (Å²) < 4.78 is 0. The SMILES string of the molecule is C=C(C(N/C(=C\C)CC)C(C)C)N1CCC[C@H]1c1nc2cc(C)ccc2[nH]1. The van der Waals surface area contributed by atoms with Gasteiger partial charge in [0.15, 0.2) is 0 Å². The van der Waals surface area contributed by atoms with Crippen molar-refractivity contribution in [3.63, 3.8) is 0 Å². The highest BCUT2D eigenvalue weighted by molar-refractivity contribution is 5.75. The van der Waals surface area contributed by atoms with Gasteiger partial charge >= 0.3 is 0 Å². The molecule has 2 atom stereocenters. The molecule has 4 heteroatoms. The molecule has 1 aliphatic rings. The molecule has 0 spiro atoms. The Balaban J connectivity index is 1.85. The molecule has 0 bridgehead atoms. The van der Waals surface area contributed by atoms with E-state index in [2.05, 4.69) is 80.7 Å². The zero-order valence-corrected chi connectivity index (χ0v) is 17.5. The van der Waals surface area contributed by atoms with Crippen LogP contribution in [0.2, 0.25) is 0 Å². The minimum absolute atomic E-state index is 0.239. The van der Waals surface area contributed by atoms with Gasteiger partial charge in [-0.05, 0) is 56.7 Å². The number of aryl methyl sites for hydroxylation is 1. The molecule has 1 unspecified atom stereocenters. The second-order valence-corrected chi connectivity index (χ2v) is 8.02. The van der Waals surface area contributed by atoms with Crippen LogP contribution in [-0.2, 0) is 0 Å². The Bertz CT molecular complexity index is 830. The number of nitrogens with zero attached hydrogens (tertiary/aromatic N) is 2. The highest BCUT2D eigenvalue weighted by Gasteiger charge is 2.33. The highest BCUT2D eigenvalue weighted by atomic mass is 15.2. The van der Waals surface area contributed by atoms with Gasteiger partial charge in [-0.1, -0.05) is 39.5 Å². The number of rotatable bonds is 7. The molecule has 1 fully saturated rings. The van der Waals surface area contributed by atoms with Crippen molar-refractivity contribution in [3.8, 4) is 0 Å². The molecule has 1 aromatic heterocycles. The fourth-order valence-electron chi connectivity index (χ4n) is 4.09. The topological polar surface area (TPSA) is 44.0 Å². The van der Waals surface area contributed by atoms with Crippen molar-refractivity contribution < 1.29 is 0 Å². The van der Waals surface area contributed by atoms with Gasteiger partial charge < -0.3 is 15.2 Å². The maximum absolute atomic E-state index is 4.92. The molecule has 27 heavy (non-hydrogen) atoms. The molecule has 2 N–H and O–H groups in total. The van der Waals surface area contributed by atoms with E-state index in [1.165, 1.54) is 23.4 Å².